The summed E-state index contributed by atoms with van der Waals surface area (Å²) in [5, 5.41) is 12.0. The van der Waals surface area contributed by atoms with E-state index in [0.29, 0.717) is 27.9 Å². The minimum Gasteiger partial charge on any atom is -0.363 e. The highest BCUT2D eigenvalue weighted by molar-refractivity contribution is 7.78. The number of fused-ring (bicyclic) bond motifs is 2. The Balaban J connectivity index is 1.73. The van der Waals surface area contributed by atoms with Crippen LogP contribution in [0.5, 0.6) is 0 Å². The zero-order valence-corrected chi connectivity index (χ0v) is 16.5. The molecule has 1 aromatic heterocycles. The van der Waals surface area contributed by atoms with Crippen molar-refractivity contribution in [3.63, 3.8) is 0 Å². The zero-order chi connectivity index (χ0) is 20.9. The first kappa shape index (κ1) is 18.7. The molecule has 0 fully saturated rings. The lowest BCUT2D eigenvalue weighted by atomic mass is 9.93. The standard InChI is InChI=1S/C22H17N3O4S/c26-21-17-6-1-2-7-18(17)22(27,15-8-9-19-20(11-15)24-13-23-19)25(21)16-5-3-4-14(10-16)12-30(28)29/h1-11,13,27H,12H2,(H,23,24)(H,28,29). The number of nitrogens with one attached hydrogen (secondary N) is 1. The number of hydrogen-bond acceptors (Lipinski definition) is 4. The lowest BCUT2D eigenvalue weighted by molar-refractivity contribution is 0.0704. The second-order valence-electron chi connectivity index (χ2n) is 7.13. The zero-order valence-electron chi connectivity index (χ0n) is 15.6. The Morgan fingerprint density at radius 3 is 2.73 bits per heavy atom. The van der Waals surface area contributed by atoms with Crippen LogP contribution in [0.1, 0.15) is 27.0 Å². The molecule has 30 heavy (non-hydrogen) atoms. The van der Waals surface area contributed by atoms with Crippen LogP contribution in [0, 0.1) is 0 Å². The normalized spacial score (nSPS) is 19.3. The quantitative estimate of drug-likeness (QED) is 0.441. The monoisotopic (exact) mass is 419 g/mol. The maximum atomic E-state index is 13.4. The van der Waals surface area contributed by atoms with Gasteiger partial charge in [0.15, 0.2) is 16.8 Å². The van der Waals surface area contributed by atoms with Gasteiger partial charge in [-0.3, -0.25) is 9.69 Å². The van der Waals surface area contributed by atoms with Crippen LogP contribution in [0.3, 0.4) is 0 Å². The van der Waals surface area contributed by atoms with Gasteiger partial charge in [-0.05, 0) is 35.9 Å². The van der Waals surface area contributed by atoms with Crippen LogP contribution in [0.2, 0.25) is 0 Å². The van der Waals surface area contributed by atoms with E-state index in [-0.39, 0.29) is 11.7 Å². The number of aliphatic hydroxyl groups is 1. The molecule has 1 amide bonds. The largest absolute Gasteiger partial charge is 0.363 e. The third-order valence-electron chi connectivity index (χ3n) is 5.34. The number of imidazole rings is 1. The molecule has 150 valence electrons. The van der Waals surface area contributed by atoms with E-state index < -0.39 is 16.8 Å². The molecule has 2 atom stereocenters. The van der Waals surface area contributed by atoms with Crippen LogP contribution in [0.4, 0.5) is 5.69 Å². The third kappa shape index (κ3) is 2.77. The molecule has 0 radical (unpaired) electrons. The number of rotatable bonds is 4. The molecule has 2 heterocycles. The van der Waals surface area contributed by atoms with Gasteiger partial charge < -0.3 is 14.6 Å². The fraction of sp³-hybridized carbons (Fsp3) is 0.0909. The van der Waals surface area contributed by atoms with Crippen LogP contribution in [-0.2, 0) is 22.6 Å². The molecule has 1 aliphatic rings. The first-order chi connectivity index (χ1) is 14.5. The summed E-state index contributed by atoms with van der Waals surface area (Å²) >= 11 is -2.02. The predicted molar refractivity (Wildman–Crippen MR) is 113 cm³/mol. The van der Waals surface area contributed by atoms with Gasteiger partial charge in [0.05, 0.1) is 23.1 Å². The summed E-state index contributed by atoms with van der Waals surface area (Å²) in [6, 6.07) is 19.0. The highest BCUT2D eigenvalue weighted by Crippen LogP contribution is 2.45. The van der Waals surface area contributed by atoms with Gasteiger partial charge in [-0.25, -0.2) is 9.19 Å². The fourth-order valence-corrected chi connectivity index (χ4v) is 4.50. The van der Waals surface area contributed by atoms with E-state index in [1.54, 1.807) is 73.1 Å². The van der Waals surface area contributed by atoms with E-state index in [2.05, 4.69) is 9.97 Å². The summed E-state index contributed by atoms with van der Waals surface area (Å²) in [5.41, 5.74) is 2.15. The van der Waals surface area contributed by atoms with Gasteiger partial charge in [-0.2, -0.15) is 0 Å². The summed E-state index contributed by atoms with van der Waals surface area (Å²) in [6.07, 6.45) is 1.57. The van der Waals surface area contributed by atoms with E-state index in [1.807, 2.05) is 0 Å². The molecule has 1 aliphatic heterocycles. The summed E-state index contributed by atoms with van der Waals surface area (Å²) < 4.78 is 20.5. The fourth-order valence-electron chi connectivity index (χ4n) is 4.03. The lowest BCUT2D eigenvalue weighted by Gasteiger charge is -2.35. The summed E-state index contributed by atoms with van der Waals surface area (Å²) in [6.45, 7) is 0. The number of aromatic amines is 1. The summed E-state index contributed by atoms with van der Waals surface area (Å²) in [4.78, 5) is 22.0. The van der Waals surface area contributed by atoms with Gasteiger partial charge in [0.1, 0.15) is 0 Å². The van der Waals surface area contributed by atoms with Crippen LogP contribution in [0.25, 0.3) is 11.0 Å². The van der Waals surface area contributed by atoms with E-state index in [1.165, 1.54) is 4.90 Å². The summed E-state index contributed by atoms with van der Waals surface area (Å²) in [7, 11) is 0. The minimum atomic E-state index is -2.02. The molecule has 0 aliphatic carbocycles. The molecule has 0 bridgehead atoms. The number of anilines is 1. The molecule has 2 unspecified atom stereocenters. The number of hydrogen-bond donors (Lipinski definition) is 3. The lowest BCUT2D eigenvalue weighted by Crippen LogP contribution is -2.45. The second-order valence-corrected chi connectivity index (χ2v) is 8.06. The average Bonchev–Trinajstić information content (AvgIpc) is 3.29. The van der Waals surface area contributed by atoms with Crippen molar-refractivity contribution in [1.29, 1.82) is 0 Å². The van der Waals surface area contributed by atoms with Gasteiger partial charge in [0.25, 0.3) is 5.91 Å². The molecule has 0 spiro atoms. The topological polar surface area (TPSA) is 107 Å². The maximum Gasteiger partial charge on any atom is 0.261 e. The number of amides is 1. The molecule has 4 aromatic rings. The highest BCUT2D eigenvalue weighted by atomic mass is 32.2. The first-order valence-electron chi connectivity index (χ1n) is 9.25. The van der Waals surface area contributed by atoms with Crippen molar-refractivity contribution >= 4 is 33.7 Å². The molecule has 5 rings (SSSR count). The van der Waals surface area contributed by atoms with Gasteiger partial charge in [-0.1, -0.05) is 36.4 Å². The Morgan fingerprint density at radius 2 is 1.90 bits per heavy atom. The second kappa shape index (κ2) is 6.88. The molecule has 3 aromatic carbocycles. The van der Waals surface area contributed by atoms with E-state index in [4.69, 9.17) is 0 Å². The molecule has 3 N–H and O–H groups in total. The molecule has 0 saturated carbocycles. The Bertz CT molecular complexity index is 1320. The third-order valence-corrected chi connectivity index (χ3v) is 5.92. The van der Waals surface area contributed by atoms with E-state index >= 15 is 0 Å². The van der Waals surface area contributed by atoms with E-state index in [0.717, 1.165) is 11.0 Å². The number of benzene rings is 3. The Kier molecular flexibility index (Phi) is 4.28. The number of carbonyl (C=O) groups excluding carboxylic acids is 1. The van der Waals surface area contributed by atoms with Crippen molar-refractivity contribution in [1.82, 2.24) is 9.97 Å². The average molecular weight is 419 g/mol. The first-order valence-corrected chi connectivity index (χ1v) is 10.5. The Hall–Kier alpha value is -3.33. The van der Waals surface area contributed by atoms with Gasteiger partial charge in [0.2, 0.25) is 0 Å². The van der Waals surface area contributed by atoms with Crippen LogP contribution in [0.15, 0.2) is 73.1 Å². The smallest absolute Gasteiger partial charge is 0.261 e. The number of aromatic nitrogens is 2. The van der Waals surface area contributed by atoms with Crippen molar-refractivity contribution in [3.05, 3.63) is 95.3 Å². The number of nitrogens with zero attached hydrogens (tertiary/aromatic N) is 2. The van der Waals surface area contributed by atoms with Gasteiger partial charge >= 0.3 is 0 Å². The summed E-state index contributed by atoms with van der Waals surface area (Å²) in [5.74, 6) is -0.415. The number of H-pyrrole nitrogens is 1. The van der Waals surface area contributed by atoms with Crippen LogP contribution in [-0.4, -0.2) is 29.7 Å². The maximum absolute atomic E-state index is 13.4. The van der Waals surface area contributed by atoms with Crippen molar-refractivity contribution in [2.45, 2.75) is 11.5 Å². The van der Waals surface area contributed by atoms with E-state index in [9.17, 15) is 18.7 Å². The molecule has 7 nitrogen and oxygen atoms in total. The molecule has 8 heteroatoms. The minimum absolute atomic E-state index is 0.0681. The SMILES string of the molecule is O=C1c2ccccc2C(O)(c2ccc3nc[nH]c3c2)N1c1cccc(CS(=O)O)c1. The number of carbonyl (C=O) groups is 1. The van der Waals surface area contributed by atoms with Crippen LogP contribution >= 0.6 is 0 Å². The van der Waals surface area contributed by atoms with Crippen molar-refractivity contribution in [2.24, 2.45) is 0 Å². The Labute approximate surface area is 174 Å². The Morgan fingerprint density at radius 1 is 1.07 bits per heavy atom. The molecule has 0 saturated heterocycles. The van der Waals surface area contributed by atoms with Gasteiger partial charge in [0, 0.05) is 22.4 Å². The van der Waals surface area contributed by atoms with Crippen molar-refractivity contribution in [2.75, 3.05) is 4.90 Å². The highest BCUT2D eigenvalue weighted by Gasteiger charge is 2.50. The molecular formula is C22H17N3O4S. The van der Waals surface area contributed by atoms with Crippen LogP contribution < -0.4 is 4.90 Å². The molecular weight excluding hydrogens is 402 g/mol. The van der Waals surface area contributed by atoms with Crippen molar-refractivity contribution < 1.29 is 18.7 Å². The van der Waals surface area contributed by atoms with Crippen molar-refractivity contribution in [3.8, 4) is 0 Å². The van der Waals surface area contributed by atoms with Gasteiger partial charge in [-0.15, -0.1) is 0 Å². The predicted octanol–water partition coefficient (Wildman–Crippen LogP) is 3.14.